The number of fused-ring (bicyclic) bond motifs is 1. The Balaban J connectivity index is 1.91. The molecule has 0 bridgehead atoms. The molecular weight excluding hydrogens is 388 g/mol. The summed E-state index contributed by atoms with van der Waals surface area (Å²) in [4.78, 5) is 13.2. The summed E-state index contributed by atoms with van der Waals surface area (Å²) in [5.41, 5.74) is 4.70. The molecule has 3 rings (SSSR count). The van der Waals surface area contributed by atoms with Gasteiger partial charge in [0.1, 0.15) is 18.1 Å². The van der Waals surface area contributed by atoms with Gasteiger partial charge in [0.15, 0.2) is 0 Å². The third kappa shape index (κ3) is 3.20. The summed E-state index contributed by atoms with van der Waals surface area (Å²) in [6, 6.07) is 4.04. The molecule has 0 amide bonds. The van der Waals surface area contributed by atoms with E-state index >= 15 is 0 Å². The first-order chi connectivity index (χ1) is 11.4. The summed E-state index contributed by atoms with van der Waals surface area (Å²) < 4.78 is 12.3. The van der Waals surface area contributed by atoms with E-state index in [2.05, 4.69) is 35.8 Å². The van der Waals surface area contributed by atoms with Crippen LogP contribution >= 0.6 is 27.7 Å². The Morgan fingerprint density at radius 2 is 1.96 bits per heavy atom. The average Bonchev–Trinajstić information content (AvgIpc) is 2.52. The van der Waals surface area contributed by atoms with Gasteiger partial charge in [-0.1, -0.05) is 12.1 Å². The first-order valence-electron chi connectivity index (χ1n) is 7.74. The van der Waals surface area contributed by atoms with Crippen molar-refractivity contribution in [3.05, 3.63) is 61.1 Å². The molecule has 0 saturated heterocycles. The predicted molar refractivity (Wildman–Crippen MR) is 102 cm³/mol. The van der Waals surface area contributed by atoms with Gasteiger partial charge in [0.05, 0.1) is 10.0 Å². The van der Waals surface area contributed by atoms with E-state index in [4.69, 9.17) is 9.15 Å². The topological polar surface area (TPSA) is 39.4 Å². The Bertz CT molecular complexity index is 896. The van der Waals surface area contributed by atoms with Crippen LogP contribution in [0.15, 0.2) is 36.8 Å². The zero-order chi connectivity index (χ0) is 17.4. The second-order valence-electron chi connectivity index (χ2n) is 5.99. The molecule has 0 spiro atoms. The van der Waals surface area contributed by atoms with Gasteiger partial charge in [0.2, 0.25) is 0 Å². The zero-order valence-electron chi connectivity index (χ0n) is 14.2. The summed E-state index contributed by atoms with van der Waals surface area (Å²) in [5, 5.41) is 0. The maximum atomic E-state index is 12.3. The van der Waals surface area contributed by atoms with Crippen LogP contribution in [0.2, 0.25) is 0 Å². The monoisotopic (exact) mass is 406 g/mol. The molecule has 5 heteroatoms. The molecule has 2 aromatic rings. The molecule has 0 atom stereocenters. The van der Waals surface area contributed by atoms with Crippen LogP contribution in [0.25, 0.3) is 5.57 Å². The molecule has 0 saturated carbocycles. The molecule has 1 aromatic heterocycles. The highest BCUT2D eigenvalue weighted by Crippen LogP contribution is 2.36. The van der Waals surface area contributed by atoms with E-state index in [-0.39, 0.29) is 5.63 Å². The van der Waals surface area contributed by atoms with Crippen molar-refractivity contribution < 1.29 is 9.15 Å². The fraction of sp³-hybridized carbons (Fsp3) is 0.316. The van der Waals surface area contributed by atoms with Crippen LogP contribution in [0.3, 0.4) is 0 Å². The lowest BCUT2D eigenvalue weighted by Crippen LogP contribution is -2.16. The van der Waals surface area contributed by atoms with Crippen molar-refractivity contribution in [2.45, 2.75) is 32.6 Å². The van der Waals surface area contributed by atoms with Crippen molar-refractivity contribution in [1.29, 1.82) is 0 Å². The molecule has 1 aliphatic rings. The molecule has 24 heavy (non-hydrogen) atoms. The third-order valence-electron chi connectivity index (χ3n) is 4.21. The Labute approximate surface area is 154 Å². The van der Waals surface area contributed by atoms with Gasteiger partial charge in [-0.05, 0) is 66.4 Å². The lowest BCUT2D eigenvalue weighted by atomic mass is 10.1. The Kier molecular flexibility index (Phi) is 4.92. The van der Waals surface area contributed by atoms with Crippen molar-refractivity contribution in [2.75, 3.05) is 12.4 Å². The summed E-state index contributed by atoms with van der Waals surface area (Å²) in [6.07, 6.45) is 2.05. The van der Waals surface area contributed by atoms with E-state index in [1.165, 1.54) is 11.1 Å². The molecule has 0 radical (unpaired) electrons. The molecule has 0 N–H and O–H groups in total. The van der Waals surface area contributed by atoms with E-state index in [1.807, 2.05) is 19.1 Å². The molecule has 0 fully saturated rings. The van der Waals surface area contributed by atoms with Crippen LogP contribution in [-0.4, -0.2) is 12.4 Å². The predicted octanol–water partition coefficient (Wildman–Crippen LogP) is 5.20. The highest BCUT2D eigenvalue weighted by atomic mass is 79.9. The Morgan fingerprint density at radius 1 is 1.21 bits per heavy atom. The summed E-state index contributed by atoms with van der Waals surface area (Å²) in [6.45, 7) is 8.33. The number of thioether (sulfide) groups is 1. The maximum Gasteiger partial charge on any atom is 0.344 e. The molecular formula is C19H19BrO3S. The summed E-state index contributed by atoms with van der Waals surface area (Å²) in [5.74, 6) is 2.30. The van der Waals surface area contributed by atoms with E-state index < -0.39 is 0 Å². The number of rotatable bonds is 3. The highest BCUT2D eigenvalue weighted by Gasteiger charge is 2.20. The maximum absolute atomic E-state index is 12.3. The van der Waals surface area contributed by atoms with Crippen LogP contribution < -0.4 is 10.4 Å². The minimum atomic E-state index is -0.289. The van der Waals surface area contributed by atoms with Crippen LogP contribution in [0.1, 0.15) is 28.0 Å². The van der Waals surface area contributed by atoms with Gasteiger partial charge >= 0.3 is 5.63 Å². The van der Waals surface area contributed by atoms with Crippen LogP contribution in [-0.2, 0) is 0 Å². The minimum absolute atomic E-state index is 0.289. The van der Waals surface area contributed by atoms with Crippen molar-refractivity contribution in [3.8, 4) is 5.75 Å². The van der Waals surface area contributed by atoms with Crippen molar-refractivity contribution >= 4 is 33.3 Å². The minimum Gasteiger partial charge on any atom is -0.487 e. The van der Waals surface area contributed by atoms with E-state index in [0.717, 1.165) is 32.0 Å². The van der Waals surface area contributed by atoms with Crippen LogP contribution in [0.4, 0.5) is 0 Å². The molecule has 2 heterocycles. The normalized spacial score (nSPS) is 13.5. The van der Waals surface area contributed by atoms with Gasteiger partial charge in [0.25, 0.3) is 0 Å². The SMILES string of the molecule is Cc1cc2c(c(=O)o1)C(COc1c(C)cc(C)c(C)c1Br)=CCS2. The first-order valence-corrected chi connectivity index (χ1v) is 9.52. The Hall–Kier alpha value is -1.46. The first kappa shape index (κ1) is 17.4. The molecule has 126 valence electrons. The summed E-state index contributed by atoms with van der Waals surface area (Å²) >= 11 is 5.29. The summed E-state index contributed by atoms with van der Waals surface area (Å²) in [7, 11) is 0. The second kappa shape index (κ2) is 6.81. The number of halogens is 1. The van der Waals surface area contributed by atoms with Crippen LogP contribution in [0.5, 0.6) is 5.75 Å². The highest BCUT2D eigenvalue weighted by molar-refractivity contribution is 9.10. The number of ether oxygens (including phenoxy) is 1. The van der Waals surface area contributed by atoms with Gasteiger partial charge in [0, 0.05) is 16.2 Å². The van der Waals surface area contributed by atoms with Gasteiger partial charge < -0.3 is 9.15 Å². The zero-order valence-corrected chi connectivity index (χ0v) is 16.6. The van der Waals surface area contributed by atoms with Crippen molar-refractivity contribution in [3.63, 3.8) is 0 Å². The smallest absolute Gasteiger partial charge is 0.344 e. The lowest BCUT2D eigenvalue weighted by molar-refractivity contribution is 0.362. The van der Waals surface area contributed by atoms with Gasteiger partial charge in [-0.15, -0.1) is 11.8 Å². The van der Waals surface area contributed by atoms with Gasteiger partial charge in [-0.2, -0.15) is 0 Å². The number of hydrogen-bond acceptors (Lipinski definition) is 4. The van der Waals surface area contributed by atoms with Gasteiger partial charge in [-0.3, -0.25) is 0 Å². The molecule has 0 unspecified atom stereocenters. The molecule has 3 nitrogen and oxygen atoms in total. The molecule has 0 aliphatic carbocycles. The number of hydrogen-bond donors (Lipinski definition) is 0. The van der Waals surface area contributed by atoms with E-state index in [0.29, 0.717) is 17.9 Å². The largest absolute Gasteiger partial charge is 0.487 e. The van der Waals surface area contributed by atoms with Crippen LogP contribution in [0, 0.1) is 27.7 Å². The standard InChI is InChI=1S/C19H19BrO3S/c1-10-7-11(2)18(17(20)13(10)4)22-9-14-5-6-24-15-8-12(3)23-19(21)16(14)15/h5,7-8H,6,9H2,1-4H3. The fourth-order valence-electron chi connectivity index (χ4n) is 2.79. The lowest BCUT2D eigenvalue weighted by Gasteiger charge is -2.19. The fourth-order valence-corrected chi connectivity index (χ4v) is 4.61. The van der Waals surface area contributed by atoms with E-state index in [9.17, 15) is 4.79 Å². The third-order valence-corrected chi connectivity index (χ3v) is 6.13. The number of aryl methyl sites for hydroxylation is 3. The van der Waals surface area contributed by atoms with E-state index in [1.54, 1.807) is 18.7 Å². The second-order valence-corrected chi connectivity index (χ2v) is 7.85. The quantitative estimate of drug-likeness (QED) is 0.701. The number of benzene rings is 1. The van der Waals surface area contributed by atoms with Crippen molar-refractivity contribution in [2.24, 2.45) is 0 Å². The van der Waals surface area contributed by atoms with Gasteiger partial charge in [-0.25, -0.2) is 4.79 Å². The molecule has 1 aliphatic heterocycles. The average molecular weight is 407 g/mol. The molecule has 1 aromatic carbocycles. The van der Waals surface area contributed by atoms with Crippen molar-refractivity contribution in [1.82, 2.24) is 0 Å². The Morgan fingerprint density at radius 3 is 2.71 bits per heavy atom.